The highest BCUT2D eigenvalue weighted by Crippen LogP contribution is 2.54. The summed E-state index contributed by atoms with van der Waals surface area (Å²) < 4.78 is 6.45. The molecule has 8 aromatic carbocycles. The molecule has 2 nitrogen and oxygen atoms in total. The van der Waals surface area contributed by atoms with E-state index >= 15 is 0 Å². The van der Waals surface area contributed by atoms with Crippen LogP contribution in [0.1, 0.15) is 42.9 Å². The summed E-state index contributed by atoms with van der Waals surface area (Å²) in [5.74, 6) is 0.227. The van der Waals surface area contributed by atoms with Gasteiger partial charge >= 0.3 is 0 Å². The summed E-state index contributed by atoms with van der Waals surface area (Å²) in [6.07, 6.45) is 8.16. The fraction of sp³-hybridized carbons (Fsp3) is 0.0943. The summed E-state index contributed by atoms with van der Waals surface area (Å²) in [5.41, 5.74) is 14.3. The van der Waals surface area contributed by atoms with Crippen LogP contribution in [0.2, 0.25) is 0 Å². The van der Waals surface area contributed by atoms with Gasteiger partial charge in [-0.2, -0.15) is 0 Å². The lowest BCUT2D eigenvalue weighted by molar-refractivity contribution is 0.660. The van der Waals surface area contributed by atoms with Gasteiger partial charge in [0, 0.05) is 38.9 Å². The molecule has 1 unspecified atom stereocenters. The number of nitrogens with zero attached hydrogens (tertiary/aromatic N) is 1. The van der Waals surface area contributed by atoms with Gasteiger partial charge in [0.2, 0.25) is 0 Å². The van der Waals surface area contributed by atoms with E-state index in [2.05, 4.69) is 201 Å². The number of benzene rings is 8. The first-order valence-electron chi connectivity index (χ1n) is 19.4. The van der Waals surface area contributed by atoms with Gasteiger partial charge in [0.25, 0.3) is 0 Å². The highest BCUT2D eigenvalue weighted by atomic mass is 16.3. The number of hydrogen-bond donors (Lipinski definition) is 0. The molecule has 1 heterocycles. The highest BCUT2D eigenvalue weighted by molar-refractivity contribution is 6.11. The minimum absolute atomic E-state index is 0.118. The van der Waals surface area contributed by atoms with Gasteiger partial charge in [-0.1, -0.05) is 153 Å². The van der Waals surface area contributed by atoms with E-state index in [0.29, 0.717) is 0 Å². The molecule has 1 aromatic heterocycles. The van der Waals surface area contributed by atoms with Crippen LogP contribution in [0.3, 0.4) is 0 Å². The molecule has 2 heteroatoms. The largest absolute Gasteiger partial charge is 0.456 e. The van der Waals surface area contributed by atoms with Gasteiger partial charge in [-0.15, -0.1) is 0 Å². The lowest BCUT2D eigenvalue weighted by atomic mass is 9.82. The Morgan fingerprint density at radius 1 is 0.545 bits per heavy atom. The summed E-state index contributed by atoms with van der Waals surface area (Å²) in [4.78, 5) is 2.53. The first kappa shape index (κ1) is 31.8. The van der Waals surface area contributed by atoms with Crippen molar-refractivity contribution in [3.63, 3.8) is 0 Å². The molecular weight excluding hydrogens is 667 g/mol. The van der Waals surface area contributed by atoms with Crippen molar-refractivity contribution in [2.45, 2.75) is 31.6 Å². The van der Waals surface area contributed by atoms with Crippen LogP contribution in [0.15, 0.2) is 192 Å². The third-order valence-electron chi connectivity index (χ3n) is 12.2. The van der Waals surface area contributed by atoms with Gasteiger partial charge in [-0.05, 0) is 98.3 Å². The van der Waals surface area contributed by atoms with Crippen LogP contribution in [-0.2, 0) is 5.41 Å². The second-order valence-electron chi connectivity index (χ2n) is 15.6. The zero-order valence-corrected chi connectivity index (χ0v) is 31.0. The Balaban J connectivity index is 1.14. The fourth-order valence-corrected chi connectivity index (χ4v) is 9.48. The van der Waals surface area contributed by atoms with Gasteiger partial charge < -0.3 is 9.32 Å². The standard InChI is InChI=1S/C53H39NO/c1-53(2)46-24-9-7-22-43(46)52-47(53)25-13-27-49(52)54(39-19-11-18-37(30-39)41-23-12-17-34-14-5-6-20-40(34)41)48-26-10-8-21-42(48)38-28-29-50-44(32-38)45-31-35-15-3-4-16-36(35)33-51(45)55-50/h3-17,19-33,37H,18H2,1-2H3. The predicted octanol–water partition coefficient (Wildman–Crippen LogP) is 14.6. The lowest BCUT2D eigenvalue weighted by Gasteiger charge is -2.33. The molecule has 0 spiro atoms. The Hall–Kier alpha value is -6.64. The molecule has 2 aliphatic carbocycles. The summed E-state index contributed by atoms with van der Waals surface area (Å²) in [6, 6.07) is 60.0. The average Bonchev–Trinajstić information content (AvgIpc) is 3.70. The van der Waals surface area contributed by atoms with Crippen molar-refractivity contribution in [1.29, 1.82) is 0 Å². The highest BCUT2D eigenvalue weighted by Gasteiger charge is 2.38. The van der Waals surface area contributed by atoms with Crippen molar-refractivity contribution >= 4 is 54.9 Å². The summed E-state index contributed by atoms with van der Waals surface area (Å²) in [5, 5.41) is 7.27. The number of anilines is 2. The van der Waals surface area contributed by atoms with Crippen molar-refractivity contribution in [2.75, 3.05) is 4.90 Å². The first-order chi connectivity index (χ1) is 27.0. The quantitative estimate of drug-likeness (QED) is 0.177. The van der Waals surface area contributed by atoms with E-state index in [0.717, 1.165) is 39.6 Å². The minimum atomic E-state index is -0.118. The van der Waals surface area contributed by atoms with E-state index in [1.165, 1.54) is 66.3 Å². The van der Waals surface area contributed by atoms with Crippen LogP contribution in [0.5, 0.6) is 0 Å². The second kappa shape index (κ2) is 12.2. The van der Waals surface area contributed by atoms with Gasteiger partial charge in [0.1, 0.15) is 11.2 Å². The smallest absolute Gasteiger partial charge is 0.136 e. The molecule has 0 amide bonds. The molecule has 0 saturated carbocycles. The first-order valence-corrected chi connectivity index (χ1v) is 19.4. The van der Waals surface area contributed by atoms with E-state index in [1.807, 2.05) is 0 Å². The molecular formula is C53H39NO. The molecule has 0 radical (unpaired) electrons. The maximum atomic E-state index is 6.45. The molecule has 9 aromatic rings. The monoisotopic (exact) mass is 705 g/mol. The van der Waals surface area contributed by atoms with Crippen molar-refractivity contribution in [2.24, 2.45) is 0 Å². The normalized spacial score (nSPS) is 15.7. The molecule has 0 aliphatic heterocycles. The maximum Gasteiger partial charge on any atom is 0.136 e. The predicted molar refractivity (Wildman–Crippen MR) is 231 cm³/mol. The van der Waals surface area contributed by atoms with E-state index < -0.39 is 0 Å². The zero-order chi connectivity index (χ0) is 36.7. The third kappa shape index (κ3) is 4.95. The van der Waals surface area contributed by atoms with Crippen LogP contribution in [0.25, 0.3) is 65.7 Å². The second-order valence-corrected chi connectivity index (χ2v) is 15.6. The maximum absolute atomic E-state index is 6.45. The SMILES string of the molecule is CC1(C)c2ccccc2-c2c(N(C3=CC(c4cccc5ccccc45)CC=C3)c3ccccc3-c3ccc4oc5cc6ccccc6cc5c4c3)cccc21. The molecule has 2 aliphatic rings. The van der Waals surface area contributed by atoms with Crippen molar-refractivity contribution < 1.29 is 4.42 Å². The van der Waals surface area contributed by atoms with E-state index in [9.17, 15) is 0 Å². The van der Waals surface area contributed by atoms with Gasteiger partial charge in [-0.3, -0.25) is 0 Å². The Kier molecular flexibility index (Phi) is 7.06. The van der Waals surface area contributed by atoms with Crippen LogP contribution >= 0.6 is 0 Å². The topological polar surface area (TPSA) is 16.4 Å². The molecule has 1 atom stereocenters. The van der Waals surface area contributed by atoms with Crippen molar-refractivity contribution in [1.82, 2.24) is 0 Å². The average molecular weight is 706 g/mol. The summed E-state index contributed by atoms with van der Waals surface area (Å²) in [7, 11) is 0. The lowest BCUT2D eigenvalue weighted by Crippen LogP contribution is -2.20. The molecule has 0 fully saturated rings. The van der Waals surface area contributed by atoms with Gasteiger partial charge in [-0.25, -0.2) is 0 Å². The summed E-state index contributed by atoms with van der Waals surface area (Å²) >= 11 is 0. The Morgan fingerprint density at radius 2 is 1.22 bits per heavy atom. The van der Waals surface area contributed by atoms with E-state index in [1.54, 1.807) is 0 Å². The van der Waals surface area contributed by atoms with Gasteiger partial charge in [0.15, 0.2) is 0 Å². The molecule has 0 saturated heterocycles. The van der Waals surface area contributed by atoms with E-state index in [4.69, 9.17) is 4.42 Å². The molecule has 11 rings (SSSR count). The number of rotatable bonds is 5. The number of furan rings is 1. The van der Waals surface area contributed by atoms with Crippen LogP contribution < -0.4 is 4.90 Å². The van der Waals surface area contributed by atoms with Gasteiger partial charge in [0.05, 0.1) is 11.4 Å². The van der Waals surface area contributed by atoms with Crippen molar-refractivity contribution in [3.8, 4) is 22.3 Å². The molecule has 0 N–H and O–H groups in total. The van der Waals surface area contributed by atoms with E-state index in [-0.39, 0.29) is 11.3 Å². The Morgan fingerprint density at radius 3 is 2.11 bits per heavy atom. The Bertz CT molecular complexity index is 3060. The zero-order valence-electron chi connectivity index (χ0n) is 31.0. The van der Waals surface area contributed by atoms with Crippen LogP contribution in [0, 0.1) is 0 Å². The molecule has 55 heavy (non-hydrogen) atoms. The fourth-order valence-electron chi connectivity index (χ4n) is 9.48. The third-order valence-corrected chi connectivity index (χ3v) is 12.2. The van der Waals surface area contributed by atoms with Crippen molar-refractivity contribution in [3.05, 3.63) is 204 Å². The minimum Gasteiger partial charge on any atom is -0.456 e. The number of allylic oxidation sites excluding steroid dienone is 3. The molecule has 262 valence electrons. The van der Waals surface area contributed by atoms with Crippen LogP contribution in [-0.4, -0.2) is 0 Å². The number of fused-ring (bicyclic) bond motifs is 8. The Labute approximate surface area is 321 Å². The number of hydrogen-bond acceptors (Lipinski definition) is 2. The molecule has 0 bridgehead atoms. The summed E-state index contributed by atoms with van der Waals surface area (Å²) in [6.45, 7) is 4.73. The number of para-hydroxylation sites is 1. The van der Waals surface area contributed by atoms with Crippen LogP contribution in [0.4, 0.5) is 11.4 Å².